The van der Waals surface area contributed by atoms with Crippen LogP contribution in [0.4, 0.5) is 4.79 Å². The molecule has 0 atom stereocenters. The van der Waals surface area contributed by atoms with Crippen molar-refractivity contribution in [1.82, 2.24) is 5.32 Å². The van der Waals surface area contributed by atoms with E-state index in [2.05, 4.69) is 5.32 Å². The van der Waals surface area contributed by atoms with Crippen LogP contribution in [0.1, 0.15) is 20.8 Å². The van der Waals surface area contributed by atoms with Crippen LogP contribution in [0.15, 0.2) is 47.4 Å². The topological polar surface area (TPSA) is 72.5 Å². The van der Waals surface area contributed by atoms with Gasteiger partial charge in [0.05, 0.1) is 4.90 Å². The van der Waals surface area contributed by atoms with Crippen molar-refractivity contribution >= 4 is 25.8 Å². The highest BCUT2D eigenvalue weighted by Gasteiger charge is 2.15. The number of hydrogen-bond donors (Lipinski definition) is 1. The minimum Gasteiger partial charge on any atom is -0.444 e. The lowest BCUT2D eigenvalue weighted by Crippen LogP contribution is -2.32. The highest BCUT2D eigenvalue weighted by Crippen LogP contribution is 2.22. The van der Waals surface area contributed by atoms with Crippen molar-refractivity contribution in [2.24, 2.45) is 0 Å². The molecular weight excluding hydrogens is 322 g/mol. The fourth-order valence-electron chi connectivity index (χ4n) is 1.39. The standard InChI is InChI=1S/C15H21NO4S2/c1-15(2,3)20-14(17)16-11-7-8-12-21-22(18,19)13-9-5-4-6-10-13/h4-10H,11-12H2,1-3H3,(H,16,17)/b8-7-. The molecule has 0 aliphatic rings. The summed E-state index contributed by atoms with van der Waals surface area (Å²) in [6.07, 6.45) is 2.89. The number of rotatable bonds is 6. The molecule has 0 aromatic heterocycles. The summed E-state index contributed by atoms with van der Waals surface area (Å²) >= 11 is 0. The van der Waals surface area contributed by atoms with Crippen LogP contribution >= 0.6 is 10.8 Å². The number of benzene rings is 1. The lowest BCUT2D eigenvalue weighted by atomic mass is 10.2. The van der Waals surface area contributed by atoms with Crippen molar-refractivity contribution in [2.45, 2.75) is 31.3 Å². The Bertz CT molecular complexity index is 604. The molecule has 22 heavy (non-hydrogen) atoms. The summed E-state index contributed by atoms with van der Waals surface area (Å²) in [4.78, 5) is 11.7. The smallest absolute Gasteiger partial charge is 0.407 e. The molecule has 0 aliphatic carbocycles. The van der Waals surface area contributed by atoms with Crippen LogP contribution in [0.25, 0.3) is 0 Å². The second kappa shape index (κ2) is 8.24. The average molecular weight is 343 g/mol. The number of carbonyl (C=O) groups excluding carboxylic acids is 1. The Morgan fingerprint density at radius 1 is 1.23 bits per heavy atom. The van der Waals surface area contributed by atoms with E-state index in [0.717, 1.165) is 10.8 Å². The van der Waals surface area contributed by atoms with Gasteiger partial charge in [-0.05, 0) is 43.7 Å². The second-order valence-electron chi connectivity index (χ2n) is 5.41. The Morgan fingerprint density at radius 2 is 1.86 bits per heavy atom. The number of hydrogen-bond acceptors (Lipinski definition) is 5. The lowest BCUT2D eigenvalue weighted by Gasteiger charge is -2.19. The van der Waals surface area contributed by atoms with Crippen molar-refractivity contribution in [1.29, 1.82) is 0 Å². The van der Waals surface area contributed by atoms with Crippen LogP contribution in [0, 0.1) is 0 Å². The quantitative estimate of drug-likeness (QED) is 0.634. The van der Waals surface area contributed by atoms with Gasteiger partial charge in [0, 0.05) is 12.3 Å². The molecule has 7 heteroatoms. The second-order valence-corrected chi connectivity index (χ2v) is 9.38. The minimum absolute atomic E-state index is 0.292. The average Bonchev–Trinajstić information content (AvgIpc) is 2.41. The van der Waals surface area contributed by atoms with E-state index in [1.165, 1.54) is 0 Å². The molecule has 0 fully saturated rings. The Morgan fingerprint density at radius 3 is 2.45 bits per heavy atom. The maximum Gasteiger partial charge on any atom is 0.407 e. The van der Waals surface area contributed by atoms with Crippen LogP contribution in [0.2, 0.25) is 0 Å². The van der Waals surface area contributed by atoms with Gasteiger partial charge < -0.3 is 10.1 Å². The van der Waals surface area contributed by atoms with Crippen LogP contribution in [0.3, 0.4) is 0 Å². The zero-order valence-electron chi connectivity index (χ0n) is 12.9. The van der Waals surface area contributed by atoms with E-state index < -0.39 is 20.6 Å². The molecule has 0 saturated carbocycles. The molecule has 1 rings (SSSR count). The van der Waals surface area contributed by atoms with Gasteiger partial charge in [0.2, 0.25) is 8.87 Å². The first-order valence-corrected chi connectivity index (χ1v) is 9.75. The van der Waals surface area contributed by atoms with Crippen molar-refractivity contribution in [3.05, 3.63) is 42.5 Å². The summed E-state index contributed by atoms with van der Waals surface area (Å²) in [7, 11) is -2.49. The largest absolute Gasteiger partial charge is 0.444 e. The molecule has 122 valence electrons. The Labute approximate surface area is 135 Å². The Kier molecular flexibility index (Phi) is 6.96. The van der Waals surface area contributed by atoms with Crippen LogP contribution in [-0.4, -0.2) is 32.4 Å². The molecule has 5 nitrogen and oxygen atoms in total. The monoisotopic (exact) mass is 343 g/mol. The summed E-state index contributed by atoms with van der Waals surface area (Å²) < 4.78 is 29.0. The third kappa shape index (κ3) is 7.51. The van der Waals surface area contributed by atoms with Crippen molar-refractivity contribution in [3.8, 4) is 0 Å². The van der Waals surface area contributed by atoms with Crippen LogP contribution in [0.5, 0.6) is 0 Å². The van der Waals surface area contributed by atoms with Crippen LogP contribution in [-0.2, 0) is 13.6 Å². The first kappa shape index (κ1) is 18.6. The normalized spacial score (nSPS) is 12.3. The third-order valence-corrected chi connectivity index (χ3v) is 5.69. The van der Waals surface area contributed by atoms with E-state index in [1.807, 2.05) is 0 Å². The van der Waals surface area contributed by atoms with Gasteiger partial charge >= 0.3 is 6.09 Å². The maximum atomic E-state index is 12.0. The molecule has 0 aliphatic heterocycles. The Balaban J connectivity index is 2.31. The predicted molar refractivity (Wildman–Crippen MR) is 89.5 cm³/mol. The van der Waals surface area contributed by atoms with Gasteiger partial charge in [-0.15, -0.1) is 0 Å². The molecule has 1 amide bonds. The number of carbonyl (C=O) groups is 1. The summed E-state index contributed by atoms with van der Waals surface area (Å²) in [5, 5.41) is 2.56. The molecule has 0 radical (unpaired) electrons. The first-order chi connectivity index (χ1) is 10.2. The maximum absolute atomic E-state index is 12.0. The number of ether oxygens (including phenoxy) is 1. The van der Waals surface area contributed by atoms with E-state index in [1.54, 1.807) is 63.3 Å². The molecule has 0 heterocycles. The van der Waals surface area contributed by atoms with Gasteiger partial charge in [-0.3, -0.25) is 0 Å². The number of alkyl carbamates (subject to hydrolysis) is 1. The summed E-state index contributed by atoms with van der Waals surface area (Å²) in [6.45, 7) is 5.65. The molecule has 1 N–H and O–H groups in total. The minimum atomic E-state index is -3.33. The molecule has 0 unspecified atom stereocenters. The highest BCUT2D eigenvalue weighted by atomic mass is 33.1. The molecular formula is C15H21NO4S2. The summed E-state index contributed by atoms with van der Waals surface area (Å²) in [5.41, 5.74) is -0.534. The number of amides is 1. The van der Waals surface area contributed by atoms with E-state index in [0.29, 0.717) is 17.2 Å². The zero-order valence-corrected chi connectivity index (χ0v) is 14.5. The number of nitrogens with one attached hydrogen (secondary N) is 1. The molecule has 0 saturated heterocycles. The van der Waals surface area contributed by atoms with Crippen LogP contribution < -0.4 is 5.32 Å². The van der Waals surface area contributed by atoms with Gasteiger partial charge in [0.1, 0.15) is 5.60 Å². The van der Waals surface area contributed by atoms with Gasteiger partial charge in [0.25, 0.3) is 0 Å². The van der Waals surface area contributed by atoms with Crippen molar-refractivity contribution in [2.75, 3.05) is 12.3 Å². The first-order valence-electron chi connectivity index (χ1n) is 6.77. The fraction of sp³-hybridized carbons (Fsp3) is 0.400. The predicted octanol–water partition coefficient (Wildman–Crippen LogP) is 3.19. The molecule has 0 spiro atoms. The van der Waals surface area contributed by atoms with Gasteiger partial charge in [0.15, 0.2) is 0 Å². The lowest BCUT2D eigenvalue weighted by molar-refractivity contribution is 0.0534. The highest BCUT2D eigenvalue weighted by molar-refractivity contribution is 8.72. The van der Waals surface area contributed by atoms with E-state index in [4.69, 9.17) is 4.74 Å². The third-order valence-electron chi connectivity index (χ3n) is 2.28. The van der Waals surface area contributed by atoms with Gasteiger partial charge in [-0.25, -0.2) is 13.2 Å². The van der Waals surface area contributed by atoms with E-state index >= 15 is 0 Å². The summed E-state index contributed by atoms with van der Waals surface area (Å²) in [5.74, 6) is 0.313. The van der Waals surface area contributed by atoms with E-state index in [-0.39, 0.29) is 0 Å². The molecule has 1 aromatic rings. The fourth-order valence-corrected chi connectivity index (χ4v) is 3.93. The van der Waals surface area contributed by atoms with Gasteiger partial charge in [-0.2, -0.15) is 0 Å². The Hall–Kier alpha value is -1.47. The molecule has 1 aromatic carbocycles. The molecule has 0 bridgehead atoms. The van der Waals surface area contributed by atoms with Crippen molar-refractivity contribution < 1.29 is 17.9 Å². The van der Waals surface area contributed by atoms with Gasteiger partial charge in [-0.1, -0.05) is 30.4 Å². The summed E-state index contributed by atoms with van der Waals surface area (Å²) in [6, 6.07) is 8.28. The zero-order chi connectivity index (χ0) is 16.6. The SMILES string of the molecule is CC(C)(C)OC(=O)NC/C=C\CSS(=O)(=O)c1ccccc1. The van der Waals surface area contributed by atoms with E-state index in [9.17, 15) is 13.2 Å². The van der Waals surface area contributed by atoms with Crippen molar-refractivity contribution in [3.63, 3.8) is 0 Å².